The summed E-state index contributed by atoms with van der Waals surface area (Å²) < 4.78 is 6.56. The monoisotopic (exact) mass is 458 g/mol. The standard InChI is InChI=1S/C16H9Cl2IN2O2/c17-11-3-1-2-10(15(11)18)12-5-6-13(23-12)16(22)21-14-7-4-9(19)8-20-14/h1-8H,(H,20,21,22). The Morgan fingerprint density at radius 3 is 2.70 bits per heavy atom. The lowest BCUT2D eigenvalue weighted by Crippen LogP contribution is -2.11. The number of carbonyl (C=O) groups is 1. The van der Waals surface area contributed by atoms with Crippen LogP contribution >= 0.6 is 45.8 Å². The van der Waals surface area contributed by atoms with Gasteiger partial charge in [-0.15, -0.1) is 0 Å². The number of aromatic nitrogens is 1. The van der Waals surface area contributed by atoms with Crippen LogP contribution in [0.1, 0.15) is 10.6 Å². The second-order valence-corrected chi connectivity index (χ2v) is 6.61. The van der Waals surface area contributed by atoms with Gasteiger partial charge in [-0.3, -0.25) is 4.79 Å². The first kappa shape index (κ1) is 16.3. The van der Waals surface area contributed by atoms with E-state index in [1.54, 1.807) is 42.6 Å². The van der Waals surface area contributed by atoms with Gasteiger partial charge >= 0.3 is 0 Å². The molecule has 4 nitrogen and oxygen atoms in total. The van der Waals surface area contributed by atoms with Crippen molar-refractivity contribution in [2.45, 2.75) is 0 Å². The summed E-state index contributed by atoms with van der Waals surface area (Å²) >= 11 is 14.3. The highest BCUT2D eigenvalue weighted by molar-refractivity contribution is 14.1. The Labute approximate surface area is 156 Å². The largest absolute Gasteiger partial charge is 0.451 e. The molecular weight excluding hydrogens is 450 g/mol. The van der Waals surface area contributed by atoms with Gasteiger partial charge in [-0.2, -0.15) is 0 Å². The fraction of sp³-hybridized carbons (Fsp3) is 0. The van der Waals surface area contributed by atoms with Crippen molar-refractivity contribution < 1.29 is 9.21 Å². The third-order valence-corrected chi connectivity index (χ3v) is 4.47. The van der Waals surface area contributed by atoms with Crippen molar-refractivity contribution in [3.63, 3.8) is 0 Å². The Balaban J connectivity index is 1.82. The van der Waals surface area contributed by atoms with E-state index in [2.05, 4.69) is 32.9 Å². The number of hydrogen-bond acceptors (Lipinski definition) is 3. The van der Waals surface area contributed by atoms with Crippen LogP contribution in [0.2, 0.25) is 10.0 Å². The van der Waals surface area contributed by atoms with Gasteiger partial charge in [0.05, 0.1) is 10.0 Å². The highest BCUT2D eigenvalue weighted by Gasteiger charge is 2.15. The van der Waals surface area contributed by atoms with E-state index in [1.807, 2.05) is 6.07 Å². The molecule has 2 heterocycles. The number of anilines is 1. The molecule has 0 aliphatic rings. The van der Waals surface area contributed by atoms with Gasteiger partial charge in [0.15, 0.2) is 5.76 Å². The summed E-state index contributed by atoms with van der Waals surface area (Å²) in [5.41, 5.74) is 0.630. The molecule has 0 radical (unpaired) electrons. The number of pyridine rings is 1. The van der Waals surface area contributed by atoms with E-state index in [0.29, 0.717) is 27.2 Å². The molecule has 0 aliphatic heterocycles. The molecule has 0 atom stereocenters. The maximum Gasteiger partial charge on any atom is 0.292 e. The normalized spacial score (nSPS) is 10.6. The van der Waals surface area contributed by atoms with Gasteiger partial charge < -0.3 is 9.73 Å². The van der Waals surface area contributed by atoms with Crippen LogP contribution < -0.4 is 5.32 Å². The Morgan fingerprint density at radius 1 is 1.13 bits per heavy atom. The number of amides is 1. The zero-order chi connectivity index (χ0) is 16.4. The molecule has 0 fully saturated rings. The second kappa shape index (κ2) is 6.90. The maximum absolute atomic E-state index is 12.2. The molecule has 3 rings (SSSR count). The molecular formula is C16H9Cl2IN2O2. The van der Waals surface area contributed by atoms with Crippen molar-refractivity contribution in [2.75, 3.05) is 5.32 Å². The summed E-state index contributed by atoms with van der Waals surface area (Å²) in [6.45, 7) is 0. The topological polar surface area (TPSA) is 55.1 Å². The summed E-state index contributed by atoms with van der Waals surface area (Å²) in [5.74, 6) is 0.701. The number of benzene rings is 1. The van der Waals surface area contributed by atoms with Crippen LogP contribution in [-0.2, 0) is 0 Å². The van der Waals surface area contributed by atoms with Gasteiger partial charge in [-0.25, -0.2) is 4.98 Å². The Morgan fingerprint density at radius 2 is 1.96 bits per heavy atom. The second-order valence-electron chi connectivity index (χ2n) is 4.58. The van der Waals surface area contributed by atoms with E-state index in [-0.39, 0.29) is 11.7 Å². The zero-order valence-corrected chi connectivity index (χ0v) is 15.2. The van der Waals surface area contributed by atoms with Crippen molar-refractivity contribution in [2.24, 2.45) is 0 Å². The van der Waals surface area contributed by atoms with Gasteiger partial charge in [0.2, 0.25) is 0 Å². The van der Waals surface area contributed by atoms with Crippen LogP contribution in [0.4, 0.5) is 5.82 Å². The van der Waals surface area contributed by atoms with E-state index in [4.69, 9.17) is 27.6 Å². The van der Waals surface area contributed by atoms with E-state index in [1.165, 1.54) is 0 Å². The molecule has 1 N–H and O–H groups in total. The highest BCUT2D eigenvalue weighted by Crippen LogP contribution is 2.34. The number of nitrogens with zero attached hydrogens (tertiary/aromatic N) is 1. The number of nitrogens with one attached hydrogen (secondary N) is 1. The fourth-order valence-corrected chi connectivity index (χ4v) is 2.64. The van der Waals surface area contributed by atoms with Crippen molar-refractivity contribution in [1.82, 2.24) is 4.98 Å². The SMILES string of the molecule is O=C(Nc1ccc(I)cn1)c1ccc(-c2cccc(Cl)c2Cl)o1. The molecule has 3 aromatic rings. The van der Waals surface area contributed by atoms with E-state index in [9.17, 15) is 4.79 Å². The first-order valence-electron chi connectivity index (χ1n) is 6.52. The minimum atomic E-state index is -0.386. The first-order valence-corrected chi connectivity index (χ1v) is 8.35. The number of halogens is 3. The van der Waals surface area contributed by atoms with Crippen LogP contribution in [-0.4, -0.2) is 10.9 Å². The minimum absolute atomic E-state index is 0.163. The summed E-state index contributed by atoms with van der Waals surface area (Å²) in [4.78, 5) is 16.3. The number of furan rings is 1. The molecule has 0 aliphatic carbocycles. The Hall–Kier alpha value is -1.57. The summed E-state index contributed by atoms with van der Waals surface area (Å²) in [6, 6.07) is 12.0. The summed E-state index contributed by atoms with van der Waals surface area (Å²) in [7, 11) is 0. The molecule has 1 amide bonds. The van der Waals surface area contributed by atoms with Crippen LogP contribution in [0.25, 0.3) is 11.3 Å². The average Bonchev–Trinajstić information content (AvgIpc) is 3.02. The minimum Gasteiger partial charge on any atom is -0.451 e. The van der Waals surface area contributed by atoms with Gasteiger partial charge in [-0.05, 0) is 59.0 Å². The molecule has 23 heavy (non-hydrogen) atoms. The zero-order valence-electron chi connectivity index (χ0n) is 11.5. The highest BCUT2D eigenvalue weighted by atomic mass is 127. The fourth-order valence-electron chi connectivity index (χ4n) is 1.93. The number of carbonyl (C=O) groups excluding carboxylic acids is 1. The summed E-state index contributed by atoms with van der Waals surface area (Å²) in [6.07, 6.45) is 1.66. The quantitative estimate of drug-likeness (QED) is 0.527. The molecule has 0 saturated heterocycles. The lowest BCUT2D eigenvalue weighted by molar-refractivity contribution is 0.0997. The van der Waals surface area contributed by atoms with E-state index < -0.39 is 0 Å². The smallest absolute Gasteiger partial charge is 0.292 e. The number of rotatable bonds is 3. The van der Waals surface area contributed by atoms with Crippen molar-refractivity contribution in [3.05, 3.63) is 68.0 Å². The van der Waals surface area contributed by atoms with Crippen molar-refractivity contribution >= 4 is 57.5 Å². The molecule has 2 aromatic heterocycles. The summed E-state index contributed by atoms with van der Waals surface area (Å²) in [5, 5.41) is 3.48. The van der Waals surface area contributed by atoms with E-state index in [0.717, 1.165) is 3.57 Å². The van der Waals surface area contributed by atoms with E-state index >= 15 is 0 Å². The lowest BCUT2D eigenvalue weighted by atomic mass is 10.2. The molecule has 1 aromatic carbocycles. The molecule has 0 spiro atoms. The maximum atomic E-state index is 12.2. The van der Waals surface area contributed by atoms with Crippen LogP contribution in [0.5, 0.6) is 0 Å². The first-order chi connectivity index (χ1) is 11.0. The third-order valence-electron chi connectivity index (χ3n) is 3.02. The average molecular weight is 459 g/mol. The molecule has 116 valence electrons. The van der Waals surface area contributed by atoms with Gasteiger partial charge in [-0.1, -0.05) is 29.3 Å². The molecule has 0 bridgehead atoms. The number of hydrogen-bond donors (Lipinski definition) is 1. The van der Waals surface area contributed by atoms with Gasteiger partial charge in [0.25, 0.3) is 5.91 Å². The van der Waals surface area contributed by atoms with Crippen LogP contribution in [0.15, 0.2) is 53.1 Å². The third kappa shape index (κ3) is 3.68. The molecule has 7 heteroatoms. The van der Waals surface area contributed by atoms with Crippen molar-refractivity contribution in [1.29, 1.82) is 0 Å². The molecule has 0 saturated carbocycles. The van der Waals surface area contributed by atoms with Crippen molar-refractivity contribution in [3.8, 4) is 11.3 Å². The van der Waals surface area contributed by atoms with Gasteiger partial charge in [0, 0.05) is 15.3 Å². The molecule has 0 unspecified atom stereocenters. The Kier molecular flexibility index (Phi) is 4.89. The Bertz CT molecular complexity index is 863. The van der Waals surface area contributed by atoms with Crippen LogP contribution in [0, 0.1) is 3.57 Å². The van der Waals surface area contributed by atoms with Gasteiger partial charge in [0.1, 0.15) is 11.6 Å². The van der Waals surface area contributed by atoms with Crippen LogP contribution in [0.3, 0.4) is 0 Å². The lowest BCUT2D eigenvalue weighted by Gasteiger charge is -2.03. The predicted octanol–water partition coefficient (Wildman–Crippen LogP) is 5.51. The predicted molar refractivity (Wildman–Crippen MR) is 99.1 cm³/mol.